The third-order valence-corrected chi connectivity index (χ3v) is 4.81. The lowest BCUT2D eigenvalue weighted by atomic mass is 10.0. The second kappa shape index (κ2) is 9.89. The SMILES string of the molecule is Cc1ccc(C(C)C)c(OC(C)C(=O)N2CCOC(CN(C)CC(=O)O)C2)c1. The van der Waals surface area contributed by atoms with Gasteiger partial charge in [0.2, 0.25) is 0 Å². The average molecular weight is 392 g/mol. The molecule has 28 heavy (non-hydrogen) atoms. The van der Waals surface area contributed by atoms with Gasteiger partial charge < -0.3 is 19.5 Å². The number of ether oxygens (including phenoxy) is 2. The van der Waals surface area contributed by atoms with E-state index in [1.807, 2.05) is 13.0 Å². The fourth-order valence-electron chi connectivity index (χ4n) is 3.39. The maximum Gasteiger partial charge on any atom is 0.317 e. The number of carboxylic acids is 1. The minimum atomic E-state index is -0.882. The van der Waals surface area contributed by atoms with Crippen LogP contribution >= 0.6 is 0 Å². The number of hydrogen-bond acceptors (Lipinski definition) is 5. The van der Waals surface area contributed by atoms with Gasteiger partial charge in [-0.25, -0.2) is 0 Å². The van der Waals surface area contributed by atoms with Crippen molar-refractivity contribution in [3.63, 3.8) is 0 Å². The summed E-state index contributed by atoms with van der Waals surface area (Å²) in [6, 6.07) is 6.08. The van der Waals surface area contributed by atoms with Gasteiger partial charge in [-0.1, -0.05) is 26.0 Å². The van der Waals surface area contributed by atoms with Crippen molar-refractivity contribution in [2.45, 2.75) is 45.8 Å². The number of aliphatic carboxylic acids is 1. The van der Waals surface area contributed by atoms with Gasteiger partial charge >= 0.3 is 5.97 Å². The Morgan fingerprint density at radius 2 is 2.07 bits per heavy atom. The summed E-state index contributed by atoms with van der Waals surface area (Å²) < 4.78 is 11.8. The molecule has 0 aromatic heterocycles. The van der Waals surface area contributed by atoms with Gasteiger partial charge in [0.1, 0.15) is 5.75 Å². The summed E-state index contributed by atoms with van der Waals surface area (Å²) >= 11 is 0. The van der Waals surface area contributed by atoms with Gasteiger partial charge in [0.25, 0.3) is 5.91 Å². The van der Waals surface area contributed by atoms with E-state index in [4.69, 9.17) is 14.6 Å². The molecule has 0 saturated carbocycles. The molecule has 1 amide bonds. The van der Waals surface area contributed by atoms with Crippen LogP contribution in [-0.4, -0.2) is 78.8 Å². The summed E-state index contributed by atoms with van der Waals surface area (Å²) in [7, 11) is 1.73. The van der Waals surface area contributed by atoms with Crippen molar-refractivity contribution in [2.24, 2.45) is 0 Å². The highest BCUT2D eigenvalue weighted by atomic mass is 16.5. The van der Waals surface area contributed by atoms with E-state index in [0.717, 1.165) is 16.9 Å². The molecule has 2 atom stereocenters. The molecule has 1 saturated heterocycles. The van der Waals surface area contributed by atoms with Crippen LogP contribution in [-0.2, 0) is 14.3 Å². The first kappa shape index (κ1) is 22.2. The Kier molecular flexibility index (Phi) is 7.83. The zero-order chi connectivity index (χ0) is 20.8. The normalized spacial score (nSPS) is 18.4. The summed E-state index contributed by atoms with van der Waals surface area (Å²) in [5.74, 6) is 0.0927. The van der Waals surface area contributed by atoms with Crippen molar-refractivity contribution in [3.8, 4) is 5.75 Å². The summed E-state index contributed by atoms with van der Waals surface area (Å²) in [5.41, 5.74) is 2.17. The van der Waals surface area contributed by atoms with Gasteiger partial charge in [-0.15, -0.1) is 0 Å². The van der Waals surface area contributed by atoms with E-state index in [1.54, 1.807) is 23.8 Å². The molecule has 1 aromatic rings. The minimum Gasteiger partial charge on any atom is -0.481 e. The molecule has 7 heteroatoms. The first-order chi connectivity index (χ1) is 13.2. The molecule has 1 N–H and O–H groups in total. The highest BCUT2D eigenvalue weighted by Gasteiger charge is 2.29. The standard InChI is InChI=1S/C21H32N2O5/c1-14(2)18-7-6-15(3)10-19(18)28-16(4)21(26)23-8-9-27-17(12-23)11-22(5)13-20(24)25/h6-7,10,14,16-17H,8-9,11-13H2,1-5H3,(H,24,25). The molecular formula is C21H32N2O5. The van der Waals surface area contributed by atoms with Crippen molar-refractivity contribution in [1.29, 1.82) is 0 Å². The molecule has 0 spiro atoms. The lowest BCUT2D eigenvalue weighted by molar-refractivity contribution is -0.147. The topological polar surface area (TPSA) is 79.3 Å². The highest BCUT2D eigenvalue weighted by Crippen LogP contribution is 2.28. The van der Waals surface area contributed by atoms with Crippen molar-refractivity contribution < 1.29 is 24.2 Å². The molecule has 1 heterocycles. The fraction of sp³-hybridized carbons (Fsp3) is 0.619. The van der Waals surface area contributed by atoms with Gasteiger partial charge in [-0.3, -0.25) is 14.5 Å². The third-order valence-electron chi connectivity index (χ3n) is 4.81. The zero-order valence-electron chi connectivity index (χ0n) is 17.5. The van der Waals surface area contributed by atoms with Gasteiger partial charge in [-0.05, 0) is 44.0 Å². The Balaban J connectivity index is 1.99. The Hall–Kier alpha value is -2.12. The quantitative estimate of drug-likeness (QED) is 0.730. The Morgan fingerprint density at radius 1 is 1.36 bits per heavy atom. The van der Waals surface area contributed by atoms with Gasteiger partial charge in [0, 0.05) is 19.6 Å². The minimum absolute atomic E-state index is 0.0569. The molecular weight excluding hydrogens is 360 g/mol. The van der Waals surface area contributed by atoms with Crippen LogP contribution < -0.4 is 4.74 Å². The van der Waals surface area contributed by atoms with Crippen LogP contribution in [0.5, 0.6) is 5.75 Å². The molecule has 2 rings (SSSR count). The molecule has 1 fully saturated rings. The van der Waals surface area contributed by atoms with E-state index in [9.17, 15) is 9.59 Å². The van der Waals surface area contributed by atoms with E-state index < -0.39 is 12.1 Å². The third kappa shape index (κ3) is 6.21. The van der Waals surface area contributed by atoms with Crippen LogP contribution in [0.1, 0.15) is 37.8 Å². The van der Waals surface area contributed by atoms with Gasteiger partial charge in [0.15, 0.2) is 6.10 Å². The fourth-order valence-corrected chi connectivity index (χ4v) is 3.39. The summed E-state index contributed by atoms with van der Waals surface area (Å²) in [5, 5.41) is 8.88. The number of morpholine rings is 1. The Morgan fingerprint density at radius 3 is 2.71 bits per heavy atom. The Bertz CT molecular complexity index is 691. The first-order valence-corrected chi connectivity index (χ1v) is 9.75. The molecule has 1 aromatic carbocycles. The average Bonchev–Trinajstić information content (AvgIpc) is 2.60. The van der Waals surface area contributed by atoms with Gasteiger partial charge in [0.05, 0.1) is 19.3 Å². The first-order valence-electron chi connectivity index (χ1n) is 9.75. The van der Waals surface area contributed by atoms with Crippen LogP contribution in [0.4, 0.5) is 0 Å². The molecule has 0 radical (unpaired) electrons. The number of likely N-dealkylation sites (N-methyl/N-ethyl adjacent to an activating group) is 1. The van der Waals surface area contributed by atoms with Crippen LogP contribution in [0, 0.1) is 6.92 Å². The molecule has 156 valence electrons. The lowest BCUT2D eigenvalue weighted by Gasteiger charge is -2.35. The molecule has 7 nitrogen and oxygen atoms in total. The number of carbonyl (C=O) groups excluding carboxylic acids is 1. The van der Waals surface area contributed by atoms with E-state index in [2.05, 4.69) is 26.0 Å². The predicted octanol–water partition coefficient (Wildman–Crippen LogP) is 2.13. The lowest BCUT2D eigenvalue weighted by Crippen LogP contribution is -2.52. The summed E-state index contributed by atoms with van der Waals surface area (Å²) in [4.78, 5) is 27.2. The van der Waals surface area contributed by atoms with Crippen molar-refractivity contribution in [2.75, 3.05) is 39.8 Å². The summed E-state index contributed by atoms with van der Waals surface area (Å²) in [6.07, 6.45) is -0.811. The number of rotatable bonds is 8. The van der Waals surface area contributed by atoms with E-state index in [0.29, 0.717) is 32.2 Å². The van der Waals surface area contributed by atoms with Crippen LogP contribution in [0.25, 0.3) is 0 Å². The Labute approximate surface area is 167 Å². The van der Waals surface area contributed by atoms with Crippen molar-refractivity contribution in [1.82, 2.24) is 9.80 Å². The van der Waals surface area contributed by atoms with Crippen molar-refractivity contribution in [3.05, 3.63) is 29.3 Å². The predicted molar refractivity (Wildman–Crippen MR) is 107 cm³/mol. The number of nitrogens with zero attached hydrogens (tertiary/aromatic N) is 2. The second-order valence-electron chi connectivity index (χ2n) is 7.82. The van der Waals surface area contributed by atoms with Gasteiger partial charge in [-0.2, -0.15) is 0 Å². The molecule has 1 aliphatic rings. The molecule has 0 aliphatic carbocycles. The number of carbonyl (C=O) groups is 2. The molecule has 0 bridgehead atoms. The van der Waals surface area contributed by atoms with E-state index in [1.165, 1.54) is 0 Å². The van der Waals surface area contributed by atoms with Crippen LogP contribution in [0.15, 0.2) is 18.2 Å². The highest BCUT2D eigenvalue weighted by molar-refractivity contribution is 5.81. The van der Waals surface area contributed by atoms with Crippen molar-refractivity contribution >= 4 is 11.9 Å². The summed E-state index contributed by atoms with van der Waals surface area (Å²) in [6.45, 7) is 9.76. The van der Waals surface area contributed by atoms with Crippen LogP contribution in [0.3, 0.4) is 0 Å². The molecule has 2 unspecified atom stereocenters. The zero-order valence-corrected chi connectivity index (χ0v) is 17.5. The largest absolute Gasteiger partial charge is 0.481 e. The van der Waals surface area contributed by atoms with E-state index in [-0.39, 0.29) is 18.6 Å². The maximum atomic E-state index is 12.9. The smallest absolute Gasteiger partial charge is 0.317 e. The number of carboxylic acid groups (broad SMARTS) is 1. The molecule has 1 aliphatic heterocycles. The maximum absolute atomic E-state index is 12.9. The number of benzene rings is 1. The number of hydrogen-bond donors (Lipinski definition) is 1. The monoisotopic (exact) mass is 392 g/mol. The van der Waals surface area contributed by atoms with E-state index >= 15 is 0 Å². The second-order valence-corrected chi connectivity index (χ2v) is 7.82. The number of aryl methyl sites for hydroxylation is 1. The van der Waals surface area contributed by atoms with Crippen LogP contribution in [0.2, 0.25) is 0 Å². The number of amides is 1.